The van der Waals surface area contributed by atoms with E-state index in [0.717, 1.165) is 11.8 Å². The molecule has 0 saturated carbocycles. The summed E-state index contributed by atoms with van der Waals surface area (Å²) in [6, 6.07) is -0.873. The van der Waals surface area contributed by atoms with E-state index in [-0.39, 0.29) is 5.56 Å². The van der Waals surface area contributed by atoms with Crippen molar-refractivity contribution in [3.8, 4) is 0 Å². The molecule has 0 bridgehead atoms. The first-order valence-corrected chi connectivity index (χ1v) is 7.88. The van der Waals surface area contributed by atoms with Crippen molar-refractivity contribution in [2.45, 2.75) is 25.2 Å². The van der Waals surface area contributed by atoms with E-state index < -0.39 is 18.2 Å². The molecule has 1 unspecified atom stereocenters. The number of aromatic nitrogens is 2. The average molecular weight is 344 g/mol. The summed E-state index contributed by atoms with van der Waals surface area (Å²) in [4.78, 5) is 14.9. The first-order chi connectivity index (χ1) is 10.8. The third-order valence-corrected chi connectivity index (χ3v) is 4.77. The molecule has 1 aliphatic heterocycles. The number of halogens is 3. The van der Waals surface area contributed by atoms with Crippen LogP contribution in [-0.4, -0.2) is 33.4 Å². The number of carbonyl (C=O) groups excluding carboxylic acids is 1. The van der Waals surface area contributed by atoms with Crippen molar-refractivity contribution in [1.29, 1.82) is 0 Å². The predicted octanol–water partition coefficient (Wildman–Crippen LogP) is 2.85. The van der Waals surface area contributed by atoms with E-state index in [1.165, 1.54) is 27.7 Å². The maximum Gasteiger partial charge on any atom is 0.413 e. The van der Waals surface area contributed by atoms with Crippen molar-refractivity contribution in [2.75, 3.05) is 6.54 Å². The van der Waals surface area contributed by atoms with Gasteiger partial charge in [0.1, 0.15) is 0 Å². The Balaban J connectivity index is 1.74. The quantitative estimate of drug-likeness (QED) is 0.911. The zero-order valence-corrected chi connectivity index (χ0v) is 13.1. The van der Waals surface area contributed by atoms with Gasteiger partial charge in [-0.05, 0) is 23.4 Å². The SMILES string of the molecule is Cn1cc(C(NC(=O)N2CCc3sccc3C2)C(F)(F)F)cn1. The maximum atomic E-state index is 13.3. The molecule has 0 saturated heterocycles. The fourth-order valence-corrected chi connectivity index (χ4v) is 3.47. The zero-order valence-electron chi connectivity index (χ0n) is 12.3. The smallest absolute Gasteiger partial charge is 0.322 e. The Labute approximate surface area is 134 Å². The van der Waals surface area contributed by atoms with Gasteiger partial charge in [-0.2, -0.15) is 18.3 Å². The van der Waals surface area contributed by atoms with Crippen molar-refractivity contribution in [3.63, 3.8) is 0 Å². The van der Waals surface area contributed by atoms with E-state index in [1.54, 1.807) is 11.3 Å². The molecule has 1 aliphatic rings. The maximum absolute atomic E-state index is 13.3. The van der Waals surface area contributed by atoms with Crippen LogP contribution >= 0.6 is 11.3 Å². The average Bonchev–Trinajstić information content (AvgIpc) is 3.10. The van der Waals surface area contributed by atoms with Crippen LogP contribution in [0.4, 0.5) is 18.0 Å². The molecule has 124 valence electrons. The summed E-state index contributed by atoms with van der Waals surface area (Å²) in [5.74, 6) is 0. The van der Waals surface area contributed by atoms with Crippen molar-refractivity contribution >= 4 is 17.4 Å². The van der Waals surface area contributed by atoms with Gasteiger partial charge in [-0.25, -0.2) is 4.79 Å². The number of alkyl halides is 3. The van der Waals surface area contributed by atoms with Gasteiger partial charge in [0, 0.05) is 36.8 Å². The summed E-state index contributed by atoms with van der Waals surface area (Å²) in [5, 5.41) is 7.77. The molecule has 5 nitrogen and oxygen atoms in total. The van der Waals surface area contributed by atoms with Crippen molar-refractivity contribution < 1.29 is 18.0 Å². The van der Waals surface area contributed by atoms with Crippen LogP contribution in [0, 0.1) is 0 Å². The predicted molar refractivity (Wildman–Crippen MR) is 79.0 cm³/mol. The number of fused-ring (bicyclic) bond motifs is 1. The molecule has 0 fully saturated rings. The fourth-order valence-electron chi connectivity index (χ4n) is 2.58. The molecule has 3 rings (SSSR count). The molecule has 2 amide bonds. The van der Waals surface area contributed by atoms with Gasteiger partial charge in [0.05, 0.1) is 6.20 Å². The molecule has 3 heterocycles. The molecule has 23 heavy (non-hydrogen) atoms. The molecule has 0 aliphatic carbocycles. The second-order valence-corrected chi connectivity index (χ2v) is 6.41. The van der Waals surface area contributed by atoms with Crippen LogP contribution in [0.1, 0.15) is 22.0 Å². The molecule has 9 heteroatoms. The zero-order chi connectivity index (χ0) is 16.6. The van der Waals surface area contributed by atoms with Crippen LogP contribution in [0.25, 0.3) is 0 Å². The molecular weight excluding hydrogens is 329 g/mol. The van der Waals surface area contributed by atoms with Gasteiger partial charge in [-0.3, -0.25) is 4.68 Å². The minimum Gasteiger partial charge on any atom is -0.322 e. The highest BCUT2D eigenvalue weighted by Gasteiger charge is 2.43. The van der Waals surface area contributed by atoms with Gasteiger partial charge in [-0.15, -0.1) is 11.3 Å². The second kappa shape index (κ2) is 5.88. The van der Waals surface area contributed by atoms with Crippen molar-refractivity contribution in [3.05, 3.63) is 39.8 Å². The molecule has 1 N–H and O–H groups in total. The van der Waals surface area contributed by atoms with Crippen LogP contribution < -0.4 is 5.32 Å². The normalized spacial score (nSPS) is 16.1. The minimum absolute atomic E-state index is 0.0819. The number of aryl methyl sites for hydroxylation is 1. The van der Waals surface area contributed by atoms with Gasteiger partial charge in [-0.1, -0.05) is 0 Å². The second-order valence-electron chi connectivity index (χ2n) is 5.41. The molecule has 1 atom stereocenters. The number of hydrogen-bond donors (Lipinski definition) is 1. The molecule has 0 spiro atoms. The first kappa shape index (κ1) is 15.9. The number of nitrogens with zero attached hydrogens (tertiary/aromatic N) is 3. The van der Waals surface area contributed by atoms with Crippen LogP contribution in [0.2, 0.25) is 0 Å². The minimum atomic E-state index is -4.58. The number of nitrogens with one attached hydrogen (secondary N) is 1. The summed E-state index contributed by atoms with van der Waals surface area (Å²) in [6.07, 6.45) is -1.54. The Hall–Kier alpha value is -2.03. The van der Waals surface area contributed by atoms with E-state index in [9.17, 15) is 18.0 Å². The van der Waals surface area contributed by atoms with Gasteiger partial charge in [0.15, 0.2) is 6.04 Å². The Kier molecular flexibility index (Phi) is 4.05. The van der Waals surface area contributed by atoms with E-state index in [0.29, 0.717) is 19.5 Å². The third kappa shape index (κ3) is 3.34. The first-order valence-electron chi connectivity index (χ1n) is 7.00. The van der Waals surface area contributed by atoms with Gasteiger partial charge in [0.2, 0.25) is 0 Å². The lowest BCUT2D eigenvalue weighted by atomic mass is 10.1. The Bertz CT molecular complexity index is 709. The standard InChI is InChI=1S/C14H15F3N4OS/c1-20-7-10(6-18-20)12(14(15,16)17)19-13(22)21-4-2-11-9(8-21)3-5-23-11/h3,5-7,12H,2,4,8H2,1H3,(H,19,22). The van der Waals surface area contributed by atoms with E-state index in [1.807, 2.05) is 11.4 Å². The van der Waals surface area contributed by atoms with Gasteiger partial charge >= 0.3 is 12.2 Å². The molecular formula is C14H15F3N4OS. The number of urea groups is 1. The molecule has 0 aromatic carbocycles. The summed E-state index contributed by atoms with van der Waals surface area (Å²) in [6.45, 7) is 0.749. The highest BCUT2D eigenvalue weighted by atomic mass is 32.1. The molecule has 2 aromatic heterocycles. The molecule has 2 aromatic rings. The Morgan fingerprint density at radius 3 is 2.91 bits per heavy atom. The largest absolute Gasteiger partial charge is 0.413 e. The van der Waals surface area contributed by atoms with E-state index in [2.05, 4.69) is 10.4 Å². The van der Waals surface area contributed by atoms with Crippen LogP contribution in [0.3, 0.4) is 0 Å². The number of hydrogen-bond acceptors (Lipinski definition) is 3. The Morgan fingerprint density at radius 1 is 1.48 bits per heavy atom. The monoisotopic (exact) mass is 344 g/mol. The number of amides is 2. The number of carbonyl (C=O) groups is 1. The van der Waals surface area contributed by atoms with Crippen molar-refractivity contribution in [1.82, 2.24) is 20.0 Å². The fraction of sp³-hybridized carbons (Fsp3) is 0.429. The summed E-state index contributed by atoms with van der Waals surface area (Å²) >= 11 is 1.61. The van der Waals surface area contributed by atoms with Crippen LogP contribution in [-0.2, 0) is 20.0 Å². The van der Waals surface area contributed by atoms with Crippen molar-refractivity contribution in [2.24, 2.45) is 7.05 Å². The van der Waals surface area contributed by atoms with E-state index in [4.69, 9.17) is 0 Å². The summed E-state index contributed by atoms with van der Waals surface area (Å²) in [7, 11) is 1.53. The third-order valence-electron chi connectivity index (χ3n) is 3.75. The Morgan fingerprint density at radius 2 is 2.26 bits per heavy atom. The lowest BCUT2D eigenvalue weighted by Crippen LogP contribution is -2.47. The number of thiophene rings is 1. The topological polar surface area (TPSA) is 50.2 Å². The highest BCUT2D eigenvalue weighted by Crippen LogP contribution is 2.33. The number of rotatable bonds is 2. The summed E-state index contributed by atoms with van der Waals surface area (Å²) in [5.41, 5.74) is 0.919. The van der Waals surface area contributed by atoms with Crippen LogP contribution in [0.5, 0.6) is 0 Å². The summed E-state index contributed by atoms with van der Waals surface area (Å²) < 4.78 is 41.1. The van der Waals surface area contributed by atoms with Crippen LogP contribution in [0.15, 0.2) is 23.8 Å². The van der Waals surface area contributed by atoms with E-state index >= 15 is 0 Å². The molecule has 0 radical (unpaired) electrons. The lowest BCUT2D eigenvalue weighted by molar-refractivity contribution is -0.155. The van der Waals surface area contributed by atoms with Gasteiger partial charge in [0.25, 0.3) is 0 Å². The lowest BCUT2D eigenvalue weighted by Gasteiger charge is -2.30. The van der Waals surface area contributed by atoms with Gasteiger partial charge < -0.3 is 10.2 Å². The highest BCUT2D eigenvalue weighted by molar-refractivity contribution is 7.10.